The van der Waals surface area contributed by atoms with Crippen molar-refractivity contribution in [2.75, 3.05) is 6.54 Å². The van der Waals surface area contributed by atoms with Crippen LogP contribution < -0.4 is 10.6 Å². The van der Waals surface area contributed by atoms with Crippen LogP contribution in [-0.4, -0.2) is 24.4 Å². The fourth-order valence-corrected chi connectivity index (χ4v) is 1.87. The van der Waals surface area contributed by atoms with Crippen LogP contribution in [0.25, 0.3) is 0 Å². The maximum absolute atomic E-state index is 11.6. The van der Waals surface area contributed by atoms with Gasteiger partial charge in [-0.25, -0.2) is 0 Å². The number of rotatable bonds is 7. The first-order valence-electron chi connectivity index (χ1n) is 6.78. The summed E-state index contributed by atoms with van der Waals surface area (Å²) >= 11 is 5.80. The standard InChI is InChI=1S/C15H21ClN2O2/c1-11(2)18-15(20)10-17-14(19)5-3-4-12-6-8-13(16)9-7-12/h6-9,11H,3-5,10H2,1-2H3,(H,17,19)(H,18,20). The Morgan fingerprint density at radius 3 is 2.40 bits per heavy atom. The molecule has 0 aliphatic rings. The highest BCUT2D eigenvalue weighted by Crippen LogP contribution is 2.11. The maximum atomic E-state index is 11.6. The van der Waals surface area contributed by atoms with Crippen molar-refractivity contribution in [3.8, 4) is 0 Å². The minimum atomic E-state index is -0.161. The smallest absolute Gasteiger partial charge is 0.239 e. The molecule has 0 aromatic heterocycles. The zero-order valence-electron chi connectivity index (χ0n) is 11.9. The highest BCUT2D eigenvalue weighted by Gasteiger charge is 2.06. The number of nitrogens with one attached hydrogen (secondary N) is 2. The predicted molar refractivity (Wildman–Crippen MR) is 80.7 cm³/mol. The summed E-state index contributed by atoms with van der Waals surface area (Å²) in [6.07, 6.45) is 1.99. The van der Waals surface area contributed by atoms with Gasteiger partial charge in [0.1, 0.15) is 0 Å². The molecule has 2 N–H and O–H groups in total. The molecule has 0 saturated heterocycles. The number of halogens is 1. The highest BCUT2D eigenvalue weighted by molar-refractivity contribution is 6.30. The first-order chi connectivity index (χ1) is 9.47. The van der Waals surface area contributed by atoms with Gasteiger partial charge in [-0.1, -0.05) is 23.7 Å². The lowest BCUT2D eigenvalue weighted by Crippen LogP contribution is -2.39. The van der Waals surface area contributed by atoms with E-state index in [0.29, 0.717) is 11.4 Å². The van der Waals surface area contributed by atoms with E-state index in [4.69, 9.17) is 11.6 Å². The average molecular weight is 297 g/mol. The fraction of sp³-hybridized carbons (Fsp3) is 0.467. The minimum Gasteiger partial charge on any atom is -0.352 e. The molecule has 110 valence electrons. The van der Waals surface area contributed by atoms with Crippen LogP contribution in [0.3, 0.4) is 0 Å². The molecule has 0 spiro atoms. The molecule has 0 bridgehead atoms. The average Bonchev–Trinajstić information content (AvgIpc) is 2.38. The molecule has 4 nitrogen and oxygen atoms in total. The number of aryl methyl sites for hydroxylation is 1. The van der Waals surface area contributed by atoms with Gasteiger partial charge in [0, 0.05) is 17.5 Å². The summed E-state index contributed by atoms with van der Waals surface area (Å²) in [7, 11) is 0. The Morgan fingerprint density at radius 2 is 1.80 bits per heavy atom. The van der Waals surface area contributed by atoms with Gasteiger partial charge in [0.05, 0.1) is 6.54 Å². The summed E-state index contributed by atoms with van der Waals surface area (Å²) < 4.78 is 0. The van der Waals surface area contributed by atoms with Crippen molar-refractivity contribution in [3.63, 3.8) is 0 Å². The minimum absolute atomic E-state index is 0.0396. The molecular weight excluding hydrogens is 276 g/mol. The molecule has 5 heteroatoms. The van der Waals surface area contributed by atoms with Crippen LogP contribution in [0.1, 0.15) is 32.3 Å². The Balaban J connectivity index is 2.17. The number of hydrogen-bond acceptors (Lipinski definition) is 2. The molecule has 0 saturated carbocycles. The van der Waals surface area contributed by atoms with Gasteiger partial charge in [-0.2, -0.15) is 0 Å². The summed E-state index contributed by atoms with van der Waals surface area (Å²) in [5, 5.41) is 6.04. The molecular formula is C15H21ClN2O2. The van der Waals surface area contributed by atoms with Crippen molar-refractivity contribution in [1.29, 1.82) is 0 Å². The third-order valence-corrected chi connectivity index (χ3v) is 2.93. The van der Waals surface area contributed by atoms with Crippen molar-refractivity contribution >= 4 is 23.4 Å². The molecule has 0 atom stereocenters. The number of amides is 2. The van der Waals surface area contributed by atoms with E-state index in [1.807, 2.05) is 38.1 Å². The molecule has 0 unspecified atom stereocenters. The number of carbonyl (C=O) groups is 2. The van der Waals surface area contributed by atoms with Crippen molar-refractivity contribution in [1.82, 2.24) is 10.6 Å². The normalized spacial score (nSPS) is 10.4. The van der Waals surface area contributed by atoms with Crippen molar-refractivity contribution in [2.24, 2.45) is 0 Å². The summed E-state index contributed by atoms with van der Waals surface area (Å²) in [6, 6.07) is 7.68. The van der Waals surface area contributed by atoms with E-state index in [-0.39, 0.29) is 24.4 Å². The van der Waals surface area contributed by atoms with Crippen LogP contribution in [0.4, 0.5) is 0 Å². The Kier molecular flexibility index (Phi) is 7.09. The van der Waals surface area contributed by atoms with Crippen LogP contribution >= 0.6 is 11.6 Å². The SMILES string of the molecule is CC(C)NC(=O)CNC(=O)CCCc1ccc(Cl)cc1. The molecule has 0 aliphatic carbocycles. The van der Waals surface area contributed by atoms with Gasteiger partial charge >= 0.3 is 0 Å². The van der Waals surface area contributed by atoms with Crippen molar-refractivity contribution in [3.05, 3.63) is 34.9 Å². The van der Waals surface area contributed by atoms with Crippen molar-refractivity contribution in [2.45, 2.75) is 39.2 Å². The van der Waals surface area contributed by atoms with E-state index < -0.39 is 0 Å². The molecule has 20 heavy (non-hydrogen) atoms. The van der Waals surface area contributed by atoms with Gasteiger partial charge < -0.3 is 10.6 Å². The van der Waals surface area contributed by atoms with E-state index in [1.165, 1.54) is 0 Å². The second-order valence-electron chi connectivity index (χ2n) is 4.98. The molecule has 1 aromatic rings. The van der Waals surface area contributed by atoms with Crippen LogP contribution in [-0.2, 0) is 16.0 Å². The second kappa shape index (κ2) is 8.59. The molecule has 1 rings (SSSR count). The fourth-order valence-electron chi connectivity index (χ4n) is 1.74. The topological polar surface area (TPSA) is 58.2 Å². The van der Waals surface area contributed by atoms with Gasteiger partial charge in [0.25, 0.3) is 0 Å². The van der Waals surface area contributed by atoms with Crippen molar-refractivity contribution < 1.29 is 9.59 Å². The first kappa shape index (κ1) is 16.5. The maximum Gasteiger partial charge on any atom is 0.239 e. The van der Waals surface area contributed by atoms with Gasteiger partial charge in [0.2, 0.25) is 11.8 Å². The third-order valence-electron chi connectivity index (χ3n) is 2.68. The lowest BCUT2D eigenvalue weighted by molar-refractivity contribution is -0.126. The summed E-state index contributed by atoms with van der Waals surface area (Å²) in [4.78, 5) is 22.9. The van der Waals surface area contributed by atoms with Crippen LogP contribution in [0, 0.1) is 0 Å². The van der Waals surface area contributed by atoms with E-state index in [2.05, 4.69) is 10.6 Å². The molecule has 0 radical (unpaired) electrons. The molecule has 1 aromatic carbocycles. The highest BCUT2D eigenvalue weighted by atomic mass is 35.5. The molecule has 0 fully saturated rings. The lowest BCUT2D eigenvalue weighted by atomic mass is 10.1. The van der Waals surface area contributed by atoms with Gasteiger partial charge in [-0.15, -0.1) is 0 Å². The van der Waals surface area contributed by atoms with Gasteiger partial charge in [-0.05, 0) is 44.4 Å². The Morgan fingerprint density at radius 1 is 1.15 bits per heavy atom. The van der Waals surface area contributed by atoms with Gasteiger partial charge in [0.15, 0.2) is 0 Å². The summed E-state index contributed by atoms with van der Waals surface area (Å²) in [5.74, 6) is -0.260. The van der Waals surface area contributed by atoms with E-state index >= 15 is 0 Å². The number of benzene rings is 1. The predicted octanol–water partition coefficient (Wildman–Crippen LogP) is 2.30. The van der Waals surface area contributed by atoms with E-state index in [1.54, 1.807) is 0 Å². The van der Waals surface area contributed by atoms with E-state index in [9.17, 15) is 9.59 Å². The van der Waals surface area contributed by atoms with Gasteiger partial charge in [-0.3, -0.25) is 9.59 Å². The summed E-state index contributed by atoms with van der Waals surface area (Å²) in [5.41, 5.74) is 1.15. The van der Waals surface area contributed by atoms with Crippen LogP contribution in [0.5, 0.6) is 0 Å². The Hall–Kier alpha value is -1.55. The zero-order valence-corrected chi connectivity index (χ0v) is 12.7. The molecule has 0 aliphatic heterocycles. The quantitative estimate of drug-likeness (QED) is 0.811. The van der Waals surface area contributed by atoms with E-state index in [0.717, 1.165) is 18.4 Å². The number of carbonyl (C=O) groups excluding carboxylic acids is 2. The molecule has 2 amide bonds. The number of hydrogen-bond donors (Lipinski definition) is 2. The first-order valence-corrected chi connectivity index (χ1v) is 7.15. The Labute approximate surface area is 124 Å². The Bertz CT molecular complexity index is 444. The van der Waals surface area contributed by atoms with Crippen LogP contribution in [0.15, 0.2) is 24.3 Å². The lowest BCUT2D eigenvalue weighted by Gasteiger charge is -2.09. The second-order valence-corrected chi connectivity index (χ2v) is 5.42. The zero-order chi connectivity index (χ0) is 15.0. The monoisotopic (exact) mass is 296 g/mol. The molecule has 0 heterocycles. The third kappa shape index (κ3) is 7.14. The largest absolute Gasteiger partial charge is 0.352 e. The summed E-state index contributed by atoms with van der Waals surface area (Å²) in [6.45, 7) is 3.80. The van der Waals surface area contributed by atoms with Crippen LogP contribution in [0.2, 0.25) is 5.02 Å².